The molecule has 0 unspecified atom stereocenters. The zero-order valence-electron chi connectivity index (χ0n) is 11.8. The molecular formula is C19H19NO. The summed E-state index contributed by atoms with van der Waals surface area (Å²) in [6.07, 6.45) is -0.0250. The summed E-state index contributed by atoms with van der Waals surface area (Å²) in [6.45, 7) is 0. The Hall–Kier alpha value is -2.16. The van der Waals surface area contributed by atoms with Crippen LogP contribution < -0.4 is 5.73 Å². The molecule has 106 valence electrons. The number of hydrogen-bond acceptors (Lipinski definition) is 2. The lowest BCUT2D eigenvalue weighted by Gasteiger charge is -2.20. The van der Waals surface area contributed by atoms with E-state index in [0.29, 0.717) is 6.42 Å². The van der Waals surface area contributed by atoms with Crippen molar-refractivity contribution in [3.8, 4) is 0 Å². The maximum Gasteiger partial charge on any atom is 0.0773 e. The smallest absolute Gasteiger partial charge is 0.0773 e. The SMILES string of the molecule is N[C@H](c1ccc2ccccc2c1)[C@@H](O)Cc1ccccc1. The summed E-state index contributed by atoms with van der Waals surface area (Å²) < 4.78 is 0. The molecule has 2 atom stereocenters. The molecule has 0 heterocycles. The molecule has 3 rings (SSSR count). The largest absolute Gasteiger partial charge is 0.391 e. The number of nitrogens with two attached hydrogens (primary N) is 1. The lowest BCUT2D eigenvalue weighted by atomic mass is 9.95. The lowest BCUT2D eigenvalue weighted by molar-refractivity contribution is 0.145. The van der Waals surface area contributed by atoms with E-state index in [0.717, 1.165) is 16.5 Å². The first-order valence-electron chi connectivity index (χ1n) is 7.20. The van der Waals surface area contributed by atoms with Gasteiger partial charge in [0.1, 0.15) is 0 Å². The van der Waals surface area contributed by atoms with Crippen LogP contribution in [0.4, 0.5) is 0 Å². The maximum absolute atomic E-state index is 10.4. The predicted molar refractivity (Wildman–Crippen MR) is 87.0 cm³/mol. The number of benzene rings is 3. The zero-order valence-corrected chi connectivity index (χ0v) is 11.8. The number of aliphatic hydroxyl groups is 1. The van der Waals surface area contributed by atoms with Crippen molar-refractivity contribution in [1.29, 1.82) is 0 Å². The van der Waals surface area contributed by atoms with Gasteiger partial charge in [-0.05, 0) is 28.0 Å². The van der Waals surface area contributed by atoms with Gasteiger partial charge in [0.25, 0.3) is 0 Å². The molecule has 0 spiro atoms. The minimum Gasteiger partial charge on any atom is -0.391 e. The summed E-state index contributed by atoms with van der Waals surface area (Å²) >= 11 is 0. The van der Waals surface area contributed by atoms with E-state index in [1.54, 1.807) is 0 Å². The Morgan fingerprint density at radius 3 is 2.24 bits per heavy atom. The van der Waals surface area contributed by atoms with Gasteiger partial charge >= 0.3 is 0 Å². The molecule has 0 amide bonds. The second kappa shape index (κ2) is 6.08. The number of fused-ring (bicyclic) bond motifs is 1. The van der Waals surface area contributed by atoms with Gasteiger partial charge in [0, 0.05) is 6.42 Å². The molecule has 0 radical (unpaired) electrons. The van der Waals surface area contributed by atoms with Gasteiger partial charge in [-0.2, -0.15) is 0 Å². The molecular weight excluding hydrogens is 258 g/mol. The predicted octanol–water partition coefficient (Wildman–Crippen LogP) is 3.44. The Morgan fingerprint density at radius 1 is 0.810 bits per heavy atom. The van der Waals surface area contributed by atoms with Crippen LogP contribution in [-0.2, 0) is 6.42 Å². The summed E-state index contributed by atoms with van der Waals surface area (Å²) in [5.74, 6) is 0. The van der Waals surface area contributed by atoms with Crippen molar-refractivity contribution in [2.45, 2.75) is 18.6 Å². The normalized spacial score (nSPS) is 14.0. The van der Waals surface area contributed by atoms with Gasteiger partial charge in [0.15, 0.2) is 0 Å². The van der Waals surface area contributed by atoms with Crippen LogP contribution >= 0.6 is 0 Å². The fourth-order valence-electron chi connectivity index (χ4n) is 2.62. The second-order valence-corrected chi connectivity index (χ2v) is 5.39. The molecule has 0 saturated heterocycles. The minimum atomic E-state index is -0.589. The minimum absolute atomic E-state index is 0.380. The van der Waals surface area contributed by atoms with Gasteiger partial charge in [-0.25, -0.2) is 0 Å². The molecule has 0 aliphatic heterocycles. The van der Waals surface area contributed by atoms with E-state index in [9.17, 15) is 5.11 Å². The highest BCUT2D eigenvalue weighted by Crippen LogP contribution is 2.22. The van der Waals surface area contributed by atoms with E-state index in [2.05, 4.69) is 24.3 Å². The third kappa shape index (κ3) is 3.13. The Morgan fingerprint density at radius 2 is 1.48 bits per heavy atom. The molecule has 0 aliphatic carbocycles. The number of aliphatic hydroxyl groups excluding tert-OH is 1. The molecule has 3 N–H and O–H groups in total. The molecule has 0 aromatic heterocycles. The first kappa shape index (κ1) is 13.8. The summed E-state index contributed by atoms with van der Waals surface area (Å²) in [7, 11) is 0. The van der Waals surface area contributed by atoms with Crippen molar-refractivity contribution >= 4 is 10.8 Å². The van der Waals surface area contributed by atoms with Gasteiger partial charge in [-0.3, -0.25) is 0 Å². The van der Waals surface area contributed by atoms with Gasteiger partial charge in [0.05, 0.1) is 12.1 Å². The highest BCUT2D eigenvalue weighted by Gasteiger charge is 2.17. The van der Waals surface area contributed by atoms with Gasteiger partial charge in [-0.1, -0.05) is 66.7 Å². The number of rotatable bonds is 4. The Kier molecular flexibility index (Phi) is 4.00. The lowest BCUT2D eigenvalue weighted by Crippen LogP contribution is -2.28. The van der Waals surface area contributed by atoms with Crippen LogP contribution in [-0.4, -0.2) is 11.2 Å². The summed E-state index contributed by atoms with van der Waals surface area (Å²) in [5.41, 5.74) is 8.30. The maximum atomic E-state index is 10.4. The molecule has 0 bridgehead atoms. The zero-order chi connectivity index (χ0) is 14.7. The standard InChI is InChI=1S/C19H19NO/c20-19(18(21)12-14-6-2-1-3-7-14)17-11-10-15-8-4-5-9-16(15)13-17/h1-11,13,18-19,21H,12,20H2/t18-,19+/m0/s1. The average Bonchev–Trinajstić information content (AvgIpc) is 2.54. The fourth-order valence-corrected chi connectivity index (χ4v) is 2.62. The number of hydrogen-bond donors (Lipinski definition) is 2. The Balaban J connectivity index is 1.80. The summed E-state index contributed by atoms with van der Waals surface area (Å²) in [5, 5.41) is 12.7. The molecule has 3 aromatic rings. The van der Waals surface area contributed by atoms with Crippen LogP contribution in [0.15, 0.2) is 72.8 Å². The van der Waals surface area contributed by atoms with E-state index in [1.807, 2.05) is 48.5 Å². The molecule has 0 fully saturated rings. The quantitative estimate of drug-likeness (QED) is 0.767. The van der Waals surface area contributed by atoms with Crippen molar-refractivity contribution in [2.75, 3.05) is 0 Å². The van der Waals surface area contributed by atoms with Crippen LogP contribution in [0, 0.1) is 0 Å². The Bertz CT molecular complexity index is 724. The topological polar surface area (TPSA) is 46.2 Å². The average molecular weight is 277 g/mol. The molecule has 3 aromatic carbocycles. The summed E-state index contributed by atoms with van der Waals surface area (Å²) in [6, 6.07) is 23.9. The van der Waals surface area contributed by atoms with Crippen LogP contribution in [0.3, 0.4) is 0 Å². The molecule has 21 heavy (non-hydrogen) atoms. The van der Waals surface area contributed by atoms with Crippen molar-refractivity contribution in [3.05, 3.63) is 83.9 Å². The van der Waals surface area contributed by atoms with Gasteiger partial charge in [-0.15, -0.1) is 0 Å². The molecule has 2 nitrogen and oxygen atoms in total. The molecule has 0 aliphatic rings. The van der Waals surface area contributed by atoms with E-state index >= 15 is 0 Å². The van der Waals surface area contributed by atoms with Crippen LogP contribution in [0.25, 0.3) is 10.8 Å². The highest BCUT2D eigenvalue weighted by molar-refractivity contribution is 5.83. The van der Waals surface area contributed by atoms with Gasteiger partial charge < -0.3 is 10.8 Å². The van der Waals surface area contributed by atoms with E-state index < -0.39 is 6.10 Å². The first-order chi connectivity index (χ1) is 10.2. The third-order valence-corrected chi connectivity index (χ3v) is 3.86. The monoisotopic (exact) mass is 277 g/mol. The first-order valence-corrected chi connectivity index (χ1v) is 7.20. The van der Waals surface area contributed by atoms with Gasteiger partial charge in [0.2, 0.25) is 0 Å². The van der Waals surface area contributed by atoms with Crippen molar-refractivity contribution < 1.29 is 5.11 Å². The fraction of sp³-hybridized carbons (Fsp3) is 0.158. The van der Waals surface area contributed by atoms with E-state index in [4.69, 9.17) is 5.73 Å². The Labute approximate surface area is 124 Å². The van der Waals surface area contributed by atoms with Crippen molar-refractivity contribution in [1.82, 2.24) is 0 Å². The van der Waals surface area contributed by atoms with Crippen molar-refractivity contribution in [3.63, 3.8) is 0 Å². The van der Waals surface area contributed by atoms with Crippen LogP contribution in [0.2, 0.25) is 0 Å². The third-order valence-electron chi connectivity index (χ3n) is 3.86. The molecule has 2 heteroatoms. The van der Waals surface area contributed by atoms with Crippen molar-refractivity contribution in [2.24, 2.45) is 5.73 Å². The summed E-state index contributed by atoms with van der Waals surface area (Å²) in [4.78, 5) is 0. The van der Waals surface area contributed by atoms with E-state index in [-0.39, 0.29) is 6.04 Å². The second-order valence-electron chi connectivity index (χ2n) is 5.39. The van der Waals surface area contributed by atoms with Crippen LogP contribution in [0.5, 0.6) is 0 Å². The molecule has 0 saturated carbocycles. The van der Waals surface area contributed by atoms with Crippen LogP contribution in [0.1, 0.15) is 17.2 Å². The highest BCUT2D eigenvalue weighted by atomic mass is 16.3. The van der Waals surface area contributed by atoms with E-state index in [1.165, 1.54) is 5.39 Å².